The van der Waals surface area contributed by atoms with Gasteiger partial charge in [0.1, 0.15) is 24.2 Å². The van der Waals surface area contributed by atoms with Crippen LogP contribution in [0.25, 0.3) is 10.4 Å². The van der Waals surface area contributed by atoms with E-state index >= 15 is 0 Å². The third-order valence-corrected chi connectivity index (χ3v) is 9.66. The van der Waals surface area contributed by atoms with Crippen LogP contribution < -0.4 is 37.6 Å². The molecule has 1 aromatic carbocycles. The molecule has 0 spiro atoms. The van der Waals surface area contributed by atoms with Gasteiger partial charge in [-0.25, -0.2) is 4.98 Å². The van der Waals surface area contributed by atoms with Gasteiger partial charge in [-0.15, -0.1) is 11.3 Å². The zero-order valence-electron chi connectivity index (χ0n) is 29.5. The highest BCUT2D eigenvalue weighted by atomic mass is 32.1. The second kappa shape index (κ2) is 17.2. The van der Waals surface area contributed by atoms with E-state index in [0.29, 0.717) is 18.4 Å². The molecule has 17 nitrogen and oxygen atoms in total. The van der Waals surface area contributed by atoms with Crippen molar-refractivity contribution in [2.24, 2.45) is 11.1 Å². The lowest BCUT2D eigenvalue weighted by atomic mass is 9.85. The standard InChI is InChI=1S/C34H45N9O8S/c1-18-28(52-17-39-18)20-9-7-19(8-10-20)27-32(50)38-14-24(45)36-15-25(46)40-21(11-12-23(35)44)30(48)37-16-26(47)41-29(34(2,3)4)33(51)43-13-5-6-22(43)31(49)42-27/h7-10,17,21-22,27,29H,5-6,11-16H2,1-4H3,(H2,35,44)(H,36,45)(H,37,48)(H,38,50)(H,40,46)(H,41,47)(H,42,49)/t21-,22-,27+,29+/m0/s1. The number of carbonyl (C=O) groups is 8. The minimum Gasteiger partial charge on any atom is -0.370 e. The molecule has 8 amide bonds. The molecule has 2 fully saturated rings. The second-order valence-corrected chi connectivity index (χ2v) is 14.6. The summed E-state index contributed by atoms with van der Waals surface area (Å²) >= 11 is 1.46. The molecule has 4 atom stereocenters. The van der Waals surface area contributed by atoms with Gasteiger partial charge in [0.25, 0.3) is 0 Å². The summed E-state index contributed by atoms with van der Waals surface area (Å²) in [5.41, 5.74) is 8.23. The van der Waals surface area contributed by atoms with Crippen LogP contribution in [0.5, 0.6) is 0 Å². The lowest BCUT2D eigenvalue weighted by Crippen LogP contribution is -2.59. The van der Waals surface area contributed by atoms with Crippen LogP contribution >= 0.6 is 11.3 Å². The average molecular weight is 740 g/mol. The molecule has 0 bridgehead atoms. The fourth-order valence-electron chi connectivity index (χ4n) is 5.88. The summed E-state index contributed by atoms with van der Waals surface area (Å²) in [4.78, 5) is 111. The lowest BCUT2D eigenvalue weighted by Gasteiger charge is -2.35. The Labute approximate surface area is 304 Å². The van der Waals surface area contributed by atoms with Crippen molar-refractivity contribution in [2.45, 2.75) is 77.5 Å². The number of hydrogen-bond donors (Lipinski definition) is 7. The number of hydrogen-bond acceptors (Lipinski definition) is 10. The number of nitrogens with two attached hydrogens (primary N) is 1. The SMILES string of the molecule is Cc1ncsc1-c1ccc([C@H]2NC(=O)[C@@H]3CCCN3C(=O)[C@H](C(C)(C)C)NC(=O)CNC(=O)[C@H](CCC(N)=O)NC(=O)CNC(=O)CNC2=O)cc1. The van der Waals surface area contributed by atoms with Gasteiger partial charge in [-0.2, -0.15) is 0 Å². The van der Waals surface area contributed by atoms with Crippen molar-refractivity contribution in [3.63, 3.8) is 0 Å². The van der Waals surface area contributed by atoms with E-state index in [1.807, 2.05) is 6.92 Å². The first-order chi connectivity index (χ1) is 24.5. The zero-order chi connectivity index (χ0) is 38.2. The molecule has 1 aromatic heterocycles. The Morgan fingerprint density at radius 2 is 1.50 bits per heavy atom. The number of rotatable bonds is 5. The molecule has 3 heterocycles. The number of carbonyl (C=O) groups excluding carboxylic acids is 8. The van der Waals surface area contributed by atoms with E-state index in [1.54, 1.807) is 50.5 Å². The molecule has 0 radical (unpaired) electrons. The van der Waals surface area contributed by atoms with Gasteiger partial charge in [-0.1, -0.05) is 45.0 Å². The highest BCUT2D eigenvalue weighted by molar-refractivity contribution is 7.13. The fourth-order valence-corrected chi connectivity index (χ4v) is 6.69. The normalized spacial score (nSPS) is 23.2. The van der Waals surface area contributed by atoms with E-state index in [1.165, 1.54) is 16.2 Å². The van der Waals surface area contributed by atoms with Crippen LogP contribution in [0.4, 0.5) is 0 Å². The van der Waals surface area contributed by atoms with Gasteiger partial charge in [-0.3, -0.25) is 38.4 Å². The van der Waals surface area contributed by atoms with Gasteiger partial charge < -0.3 is 42.5 Å². The van der Waals surface area contributed by atoms with Crippen molar-refractivity contribution in [1.29, 1.82) is 0 Å². The number of nitrogens with zero attached hydrogens (tertiary/aromatic N) is 2. The van der Waals surface area contributed by atoms with Gasteiger partial charge in [0.05, 0.1) is 35.7 Å². The summed E-state index contributed by atoms with van der Waals surface area (Å²) in [6, 6.07) is 2.31. The Kier molecular flexibility index (Phi) is 13.0. The maximum Gasteiger partial charge on any atom is 0.247 e. The number of fused-ring (bicyclic) bond motifs is 1. The molecule has 8 N–H and O–H groups in total. The molecule has 2 aliphatic rings. The molecule has 4 rings (SSSR count). The number of nitrogens with one attached hydrogen (secondary N) is 6. The number of benzene rings is 1. The van der Waals surface area contributed by atoms with E-state index < -0.39 is 96.5 Å². The molecule has 0 aliphatic carbocycles. The third-order valence-electron chi connectivity index (χ3n) is 8.68. The van der Waals surface area contributed by atoms with Gasteiger partial charge in [-0.05, 0) is 42.7 Å². The predicted molar refractivity (Wildman–Crippen MR) is 189 cm³/mol. The second-order valence-electron chi connectivity index (χ2n) is 13.7. The Morgan fingerprint density at radius 1 is 0.865 bits per heavy atom. The minimum absolute atomic E-state index is 0.189. The summed E-state index contributed by atoms with van der Waals surface area (Å²) in [7, 11) is 0. The molecule has 18 heteroatoms. The maximum atomic E-state index is 14.0. The lowest BCUT2D eigenvalue weighted by molar-refractivity contribution is -0.144. The molecule has 52 heavy (non-hydrogen) atoms. The van der Waals surface area contributed by atoms with Crippen molar-refractivity contribution in [3.05, 3.63) is 41.0 Å². The fraction of sp³-hybridized carbons (Fsp3) is 0.500. The monoisotopic (exact) mass is 739 g/mol. The Hall–Kier alpha value is -5.39. The predicted octanol–water partition coefficient (Wildman–Crippen LogP) is -1.09. The summed E-state index contributed by atoms with van der Waals surface area (Å²) in [5.74, 6) is -5.63. The van der Waals surface area contributed by atoms with Crippen LogP contribution in [0.1, 0.15) is 63.8 Å². The van der Waals surface area contributed by atoms with Gasteiger partial charge >= 0.3 is 0 Å². The first kappa shape index (κ1) is 39.4. The first-order valence-electron chi connectivity index (χ1n) is 16.9. The molecule has 2 aliphatic heterocycles. The van der Waals surface area contributed by atoms with E-state index in [4.69, 9.17) is 5.73 Å². The van der Waals surface area contributed by atoms with Crippen molar-refractivity contribution < 1.29 is 38.4 Å². The zero-order valence-corrected chi connectivity index (χ0v) is 30.3. The topological polar surface area (TPSA) is 251 Å². The van der Waals surface area contributed by atoms with E-state index in [9.17, 15) is 38.4 Å². The van der Waals surface area contributed by atoms with E-state index in [-0.39, 0.29) is 19.4 Å². The van der Waals surface area contributed by atoms with Gasteiger partial charge in [0, 0.05) is 13.0 Å². The molecule has 280 valence electrons. The highest BCUT2D eigenvalue weighted by Gasteiger charge is 2.42. The third kappa shape index (κ3) is 10.3. The number of amides is 8. The first-order valence-corrected chi connectivity index (χ1v) is 17.7. The summed E-state index contributed by atoms with van der Waals surface area (Å²) < 4.78 is 0. The summed E-state index contributed by atoms with van der Waals surface area (Å²) in [6.07, 6.45) is 0.336. The van der Waals surface area contributed by atoms with Crippen LogP contribution in [0.15, 0.2) is 29.8 Å². The summed E-state index contributed by atoms with van der Waals surface area (Å²) in [5, 5.41) is 15.1. The van der Waals surface area contributed by atoms with Crippen molar-refractivity contribution >= 4 is 58.6 Å². The van der Waals surface area contributed by atoms with Crippen LogP contribution in [0, 0.1) is 12.3 Å². The average Bonchev–Trinajstić information content (AvgIpc) is 3.76. The van der Waals surface area contributed by atoms with Crippen LogP contribution in [-0.4, -0.2) is 101 Å². The molecular weight excluding hydrogens is 694 g/mol. The number of thiazole rings is 1. The largest absolute Gasteiger partial charge is 0.370 e. The molecular formula is C34H45N9O8S. The van der Waals surface area contributed by atoms with Gasteiger partial charge in [0.15, 0.2) is 0 Å². The minimum atomic E-state index is -1.28. The quantitative estimate of drug-likeness (QED) is 0.197. The Bertz CT molecular complexity index is 1700. The van der Waals surface area contributed by atoms with Gasteiger partial charge in [0.2, 0.25) is 47.3 Å². The number of primary amides is 1. The molecule has 0 saturated carbocycles. The maximum absolute atomic E-state index is 14.0. The molecule has 2 saturated heterocycles. The van der Waals surface area contributed by atoms with Crippen molar-refractivity contribution in [1.82, 2.24) is 41.8 Å². The number of aryl methyl sites for hydroxylation is 1. The smallest absolute Gasteiger partial charge is 0.247 e. The molecule has 0 unspecified atom stereocenters. The summed E-state index contributed by atoms with van der Waals surface area (Å²) in [6.45, 7) is 5.60. The van der Waals surface area contributed by atoms with E-state index in [2.05, 4.69) is 36.9 Å². The Morgan fingerprint density at radius 3 is 2.13 bits per heavy atom. The van der Waals surface area contributed by atoms with Crippen molar-refractivity contribution in [3.8, 4) is 10.4 Å². The Balaban J connectivity index is 1.65. The molecule has 2 aromatic rings. The van der Waals surface area contributed by atoms with Crippen molar-refractivity contribution in [2.75, 3.05) is 26.2 Å². The number of aromatic nitrogens is 1. The van der Waals surface area contributed by atoms with Crippen LogP contribution in [0.3, 0.4) is 0 Å². The van der Waals surface area contributed by atoms with Crippen LogP contribution in [-0.2, 0) is 38.4 Å². The van der Waals surface area contributed by atoms with Crippen LogP contribution in [0.2, 0.25) is 0 Å². The highest BCUT2D eigenvalue weighted by Crippen LogP contribution is 2.29. The van der Waals surface area contributed by atoms with E-state index in [0.717, 1.165) is 16.1 Å².